The molecule has 0 radical (unpaired) electrons. The van der Waals surface area contributed by atoms with Gasteiger partial charge in [0.15, 0.2) is 0 Å². The molecule has 1 aromatic carbocycles. The molecule has 0 bridgehead atoms. The summed E-state index contributed by atoms with van der Waals surface area (Å²) in [7, 11) is 0. The quantitative estimate of drug-likeness (QED) is 0.886. The summed E-state index contributed by atoms with van der Waals surface area (Å²) in [5.41, 5.74) is 7.85. The normalized spacial score (nSPS) is 12.1. The fraction of sp³-hybridized carbons (Fsp3) is 0.214. The molecule has 3 nitrogen and oxygen atoms in total. The Hall–Kier alpha value is -1.81. The first-order valence-electron chi connectivity index (χ1n) is 5.78. The maximum absolute atomic E-state index is 11.1. The van der Waals surface area contributed by atoms with Crippen LogP contribution in [0.15, 0.2) is 35.7 Å². The molecule has 1 atom stereocenters. The summed E-state index contributed by atoms with van der Waals surface area (Å²) >= 11 is 1.73. The smallest absolute Gasteiger partial charge is 0.248 e. The van der Waals surface area contributed by atoms with Gasteiger partial charge >= 0.3 is 0 Å². The van der Waals surface area contributed by atoms with E-state index in [1.165, 1.54) is 4.88 Å². The Labute approximate surface area is 111 Å². The fourth-order valence-electron chi connectivity index (χ4n) is 1.82. The Morgan fingerprint density at radius 1 is 1.39 bits per heavy atom. The van der Waals surface area contributed by atoms with Crippen LogP contribution in [0.25, 0.3) is 0 Å². The molecule has 1 aromatic heterocycles. The number of hydrogen-bond donors (Lipinski definition) is 2. The van der Waals surface area contributed by atoms with Gasteiger partial charge in [-0.2, -0.15) is 0 Å². The number of nitrogens with one attached hydrogen (secondary N) is 1. The molecule has 18 heavy (non-hydrogen) atoms. The van der Waals surface area contributed by atoms with Gasteiger partial charge in [-0.25, -0.2) is 0 Å². The molecule has 94 valence electrons. The minimum atomic E-state index is -0.393. The average Bonchev–Trinajstić information content (AvgIpc) is 2.85. The molecule has 0 aliphatic heterocycles. The van der Waals surface area contributed by atoms with E-state index in [1.54, 1.807) is 17.4 Å². The monoisotopic (exact) mass is 260 g/mol. The number of thiophene rings is 1. The third kappa shape index (κ3) is 2.71. The number of carbonyl (C=O) groups is 1. The Bertz CT molecular complexity index is 549. The third-order valence-corrected chi connectivity index (χ3v) is 3.91. The van der Waals surface area contributed by atoms with Crippen molar-refractivity contribution >= 4 is 22.9 Å². The van der Waals surface area contributed by atoms with Crippen molar-refractivity contribution in [3.05, 3.63) is 51.7 Å². The van der Waals surface area contributed by atoms with E-state index >= 15 is 0 Å². The van der Waals surface area contributed by atoms with E-state index in [-0.39, 0.29) is 6.04 Å². The van der Waals surface area contributed by atoms with Crippen LogP contribution in [0.3, 0.4) is 0 Å². The predicted molar refractivity (Wildman–Crippen MR) is 76.1 cm³/mol. The minimum Gasteiger partial charge on any atom is -0.377 e. The Balaban J connectivity index is 2.17. The van der Waals surface area contributed by atoms with Crippen LogP contribution in [0, 0.1) is 6.92 Å². The van der Waals surface area contributed by atoms with Gasteiger partial charge in [0.1, 0.15) is 0 Å². The highest BCUT2D eigenvalue weighted by atomic mass is 32.1. The molecule has 4 heteroatoms. The molecule has 0 aliphatic carbocycles. The van der Waals surface area contributed by atoms with Gasteiger partial charge in [-0.15, -0.1) is 11.3 Å². The van der Waals surface area contributed by atoms with Crippen molar-refractivity contribution in [3.63, 3.8) is 0 Å². The van der Waals surface area contributed by atoms with E-state index in [0.717, 1.165) is 11.3 Å². The molecule has 1 amide bonds. The molecule has 0 spiro atoms. The first kappa shape index (κ1) is 12.6. The number of rotatable bonds is 4. The molecule has 1 unspecified atom stereocenters. The van der Waals surface area contributed by atoms with Crippen LogP contribution in [-0.4, -0.2) is 5.91 Å². The van der Waals surface area contributed by atoms with Gasteiger partial charge in [-0.05, 0) is 49.1 Å². The van der Waals surface area contributed by atoms with Crippen LogP contribution in [0.1, 0.15) is 33.8 Å². The summed E-state index contributed by atoms with van der Waals surface area (Å²) < 4.78 is 0. The summed E-state index contributed by atoms with van der Waals surface area (Å²) in [6, 6.07) is 9.86. The Morgan fingerprint density at radius 2 is 2.17 bits per heavy atom. The number of anilines is 1. The van der Waals surface area contributed by atoms with E-state index in [9.17, 15) is 4.79 Å². The van der Waals surface area contributed by atoms with Gasteiger partial charge in [-0.3, -0.25) is 4.79 Å². The lowest BCUT2D eigenvalue weighted by atomic mass is 10.1. The first-order valence-corrected chi connectivity index (χ1v) is 6.66. The summed E-state index contributed by atoms with van der Waals surface area (Å²) in [5.74, 6) is -0.393. The number of hydrogen-bond acceptors (Lipinski definition) is 3. The molecule has 0 aliphatic rings. The number of aryl methyl sites for hydroxylation is 1. The topological polar surface area (TPSA) is 55.1 Å². The van der Waals surface area contributed by atoms with E-state index in [0.29, 0.717) is 5.56 Å². The lowest BCUT2D eigenvalue weighted by molar-refractivity contribution is 0.1000. The van der Waals surface area contributed by atoms with Gasteiger partial charge in [0.25, 0.3) is 0 Å². The van der Waals surface area contributed by atoms with Crippen LogP contribution in [0.5, 0.6) is 0 Å². The van der Waals surface area contributed by atoms with Crippen molar-refractivity contribution in [2.75, 3.05) is 5.32 Å². The van der Waals surface area contributed by atoms with E-state index < -0.39 is 5.91 Å². The van der Waals surface area contributed by atoms with E-state index in [1.807, 2.05) is 25.1 Å². The van der Waals surface area contributed by atoms with Gasteiger partial charge in [0.05, 0.1) is 6.04 Å². The van der Waals surface area contributed by atoms with Crippen LogP contribution >= 0.6 is 11.3 Å². The highest BCUT2D eigenvalue weighted by molar-refractivity contribution is 7.10. The van der Waals surface area contributed by atoms with Gasteiger partial charge in [0, 0.05) is 16.1 Å². The fourth-order valence-corrected chi connectivity index (χ4v) is 2.56. The molecule has 2 rings (SSSR count). The molecule has 2 aromatic rings. The van der Waals surface area contributed by atoms with Crippen molar-refractivity contribution in [2.24, 2.45) is 5.73 Å². The zero-order valence-electron chi connectivity index (χ0n) is 10.4. The largest absolute Gasteiger partial charge is 0.377 e. The summed E-state index contributed by atoms with van der Waals surface area (Å²) in [5, 5.41) is 5.50. The zero-order chi connectivity index (χ0) is 13.1. The highest BCUT2D eigenvalue weighted by Crippen LogP contribution is 2.25. The molecule has 1 heterocycles. The number of nitrogens with two attached hydrogens (primary N) is 1. The van der Waals surface area contributed by atoms with Gasteiger partial charge in [0.2, 0.25) is 5.91 Å². The summed E-state index contributed by atoms with van der Waals surface area (Å²) in [4.78, 5) is 12.4. The van der Waals surface area contributed by atoms with Gasteiger partial charge in [-0.1, -0.05) is 6.07 Å². The molecular formula is C14H16N2OS. The van der Waals surface area contributed by atoms with Gasteiger partial charge < -0.3 is 11.1 Å². The number of benzene rings is 1. The van der Waals surface area contributed by atoms with Crippen molar-refractivity contribution in [2.45, 2.75) is 19.9 Å². The number of carbonyl (C=O) groups excluding carboxylic acids is 1. The summed E-state index contributed by atoms with van der Waals surface area (Å²) in [6.07, 6.45) is 0. The maximum Gasteiger partial charge on any atom is 0.248 e. The van der Waals surface area contributed by atoms with Crippen molar-refractivity contribution in [1.29, 1.82) is 0 Å². The minimum absolute atomic E-state index is 0.253. The van der Waals surface area contributed by atoms with Crippen LogP contribution in [0.4, 0.5) is 5.69 Å². The standard InChI is InChI=1S/C14H16N2OS/c1-9-8-11(14(15)17)5-6-12(9)16-10(2)13-4-3-7-18-13/h3-8,10,16H,1-2H3,(H2,15,17). The predicted octanol–water partition coefficient (Wildman–Crippen LogP) is 3.33. The van der Waals surface area contributed by atoms with Crippen LogP contribution in [0.2, 0.25) is 0 Å². The molecule has 0 fully saturated rings. The first-order chi connectivity index (χ1) is 8.58. The number of primary amides is 1. The molecule has 3 N–H and O–H groups in total. The lowest BCUT2D eigenvalue weighted by Crippen LogP contribution is -2.12. The maximum atomic E-state index is 11.1. The average molecular weight is 260 g/mol. The summed E-state index contributed by atoms with van der Waals surface area (Å²) in [6.45, 7) is 4.09. The number of amides is 1. The Kier molecular flexibility index (Phi) is 3.67. The van der Waals surface area contributed by atoms with E-state index in [2.05, 4.69) is 23.7 Å². The van der Waals surface area contributed by atoms with Crippen molar-refractivity contribution in [1.82, 2.24) is 0 Å². The third-order valence-electron chi connectivity index (χ3n) is 2.85. The SMILES string of the molecule is Cc1cc(C(N)=O)ccc1NC(C)c1cccs1. The molecule has 0 saturated heterocycles. The van der Waals surface area contributed by atoms with Crippen molar-refractivity contribution < 1.29 is 4.79 Å². The molecule has 0 saturated carbocycles. The van der Waals surface area contributed by atoms with E-state index in [4.69, 9.17) is 5.73 Å². The second-order valence-electron chi connectivity index (χ2n) is 4.28. The van der Waals surface area contributed by atoms with Crippen molar-refractivity contribution in [3.8, 4) is 0 Å². The van der Waals surface area contributed by atoms with Crippen LogP contribution in [-0.2, 0) is 0 Å². The second kappa shape index (κ2) is 5.23. The van der Waals surface area contributed by atoms with Crippen LogP contribution < -0.4 is 11.1 Å². The Morgan fingerprint density at radius 3 is 2.72 bits per heavy atom. The highest BCUT2D eigenvalue weighted by Gasteiger charge is 2.09. The lowest BCUT2D eigenvalue weighted by Gasteiger charge is -2.16. The molecular weight excluding hydrogens is 244 g/mol. The second-order valence-corrected chi connectivity index (χ2v) is 5.25. The zero-order valence-corrected chi connectivity index (χ0v) is 11.3.